The van der Waals surface area contributed by atoms with Crippen molar-refractivity contribution >= 4 is 5.82 Å². The molecule has 4 heteroatoms. The van der Waals surface area contributed by atoms with Gasteiger partial charge in [-0.3, -0.25) is 0 Å². The van der Waals surface area contributed by atoms with Crippen molar-refractivity contribution in [2.45, 2.75) is 26.3 Å². The van der Waals surface area contributed by atoms with E-state index in [1.807, 2.05) is 43.3 Å². The second kappa shape index (κ2) is 6.29. The van der Waals surface area contributed by atoms with Crippen molar-refractivity contribution in [1.82, 2.24) is 9.97 Å². The zero-order valence-corrected chi connectivity index (χ0v) is 11.3. The van der Waals surface area contributed by atoms with Crippen LogP contribution in [0.2, 0.25) is 0 Å². The van der Waals surface area contributed by atoms with E-state index >= 15 is 0 Å². The van der Waals surface area contributed by atoms with Crippen molar-refractivity contribution in [3.05, 3.63) is 53.5 Å². The van der Waals surface area contributed by atoms with Crippen molar-refractivity contribution in [3.8, 4) is 0 Å². The summed E-state index contributed by atoms with van der Waals surface area (Å²) >= 11 is 0. The van der Waals surface area contributed by atoms with Crippen LogP contribution < -0.4 is 5.32 Å². The number of anilines is 1. The van der Waals surface area contributed by atoms with Gasteiger partial charge in [-0.15, -0.1) is 0 Å². The van der Waals surface area contributed by atoms with E-state index in [1.165, 1.54) is 0 Å². The Bertz CT molecular complexity index is 528. The van der Waals surface area contributed by atoms with Gasteiger partial charge in [-0.2, -0.15) is 0 Å². The van der Waals surface area contributed by atoms with E-state index in [2.05, 4.69) is 22.2 Å². The second-order valence-electron chi connectivity index (χ2n) is 4.44. The van der Waals surface area contributed by atoms with Gasteiger partial charge in [-0.25, -0.2) is 9.97 Å². The van der Waals surface area contributed by atoms with Crippen molar-refractivity contribution in [3.63, 3.8) is 0 Å². The number of aryl methyl sites for hydroxylation is 2. The topological polar surface area (TPSA) is 58.0 Å². The van der Waals surface area contributed by atoms with Crippen LogP contribution in [0.15, 0.2) is 36.4 Å². The quantitative estimate of drug-likeness (QED) is 0.864. The molecule has 0 bridgehead atoms. The Hall–Kier alpha value is -1.94. The summed E-state index contributed by atoms with van der Waals surface area (Å²) in [6.45, 7) is 3.96. The van der Waals surface area contributed by atoms with Gasteiger partial charge in [0, 0.05) is 11.8 Å². The van der Waals surface area contributed by atoms with E-state index in [1.54, 1.807) is 0 Å². The predicted molar refractivity (Wildman–Crippen MR) is 76.0 cm³/mol. The zero-order chi connectivity index (χ0) is 13.7. The highest BCUT2D eigenvalue weighted by atomic mass is 16.3. The van der Waals surface area contributed by atoms with E-state index in [4.69, 9.17) is 0 Å². The third-order valence-electron chi connectivity index (χ3n) is 2.96. The number of nitrogens with one attached hydrogen (secondary N) is 1. The average Bonchev–Trinajstić information content (AvgIpc) is 2.45. The van der Waals surface area contributed by atoms with Gasteiger partial charge in [0.05, 0.1) is 12.6 Å². The number of aliphatic hydroxyl groups is 1. The predicted octanol–water partition coefficient (Wildman–Crippen LogP) is 2.49. The Labute approximate surface area is 113 Å². The normalized spacial score (nSPS) is 12.2. The molecule has 2 aromatic rings. The van der Waals surface area contributed by atoms with E-state index in [-0.39, 0.29) is 12.6 Å². The summed E-state index contributed by atoms with van der Waals surface area (Å²) < 4.78 is 0. The minimum atomic E-state index is -0.153. The maximum absolute atomic E-state index is 9.53. The first-order chi connectivity index (χ1) is 9.22. The summed E-state index contributed by atoms with van der Waals surface area (Å²) in [5, 5.41) is 12.8. The molecular formula is C15H19N3O. The van der Waals surface area contributed by atoms with Gasteiger partial charge < -0.3 is 10.4 Å². The number of aromatic nitrogens is 2. The molecule has 1 atom stereocenters. The Balaban J connectivity index is 2.21. The number of nitrogens with zero attached hydrogens (tertiary/aromatic N) is 2. The molecule has 0 radical (unpaired) electrons. The van der Waals surface area contributed by atoms with Gasteiger partial charge in [0.15, 0.2) is 0 Å². The molecule has 1 aromatic carbocycles. The molecule has 1 heterocycles. The van der Waals surface area contributed by atoms with Crippen LogP contribution in [0.1, 0.15) is 30.0 Å². The van der Waals surface area contributed by atoms with Crippen LogP contribution in [0, 0.1) is 6.92 Å². The monoisotopic (exact) mass is 257 g/mol. The molecule has 0 amide bonds. The van der Waals surface area contributed by atoms with E-state index < -0.39 is 0 Å². The van der Waals surface area contributed by atoms with Gasteiger partial charge in [-0.1, -0.05) is 37.3 Å². The second-order valence-corrected chi connectivity index (χ2v) is 4.44. The fourth-order valence-electron chi connectivity index (χ4n) is 1.98. The number of hydrogen-bond donors (Lipinski definition) is 2. The largest absolute Gasteiger partial charge is 0.394 e. The molecule has 100 valence electrons. The minimum Gasteiger partial charge on any atom is -0.394 e. The van der Waals surface area contributed by atoms with Crippen molar-refractivity contribution in [2.75, 3.05) is 11.9 Å². The Kier molecular flexibility index (Phi) is 4.47. The molecule has 0 fully saturated rings. The first-order valence-corrected chi connectivity index (χ1v) is 6.49. The molecule has 2 N–H and O–H groups in total. The molecule has 4 nitrogen and oxygen atoms in total. The fraction of sp³-hybridized carbons (Fsp3) is 0.333. The third-order valence-corrected chi connectivity index (χ3v) is 2.96. The summed E-state index contributed by atoms with van der Waals surface area (Å²) in [5.74, 6) is 1.50. The first-order valence-electron chi connectivity index (χ1n) is 6.49. The average molecular weight is 257 g/mol. The van der Waals surface area contributed by atoms with Gasteiger partial charge in [-0.05, 0) is 18.9 Å². The highest BCUT2D eigenvalue weighted by Gasteiger charge is 2.11. The summed E-state index contributed by atoms with van der Waals surface area (Å²) in [4.78, 5) is 8.71. The molecule has 0 aliphatic carbocycles. The highest BCUT2D eigenvalue weighted by Crippen LogP contribution is 2.18. The summed E-state index contributed by atoms with van der Waals surface area (Å²) in [6.07, 6.45) is 0.868. The maximum Gasteiger partial charge on any atom is 0.130 e. The maximum atomic E-state index is 9.53. The van der Waals surface area contributed by atoms with E-state index in [0.29, 0.717) is 0 Å². The summed E-state index contributed by atoms with van der Waals surface area (Å²) in [7, 11) is 0. The number of rotatable bonds is 5. The molecule has 0 saturated carbocycles. The lowest BCUT2D eigenvalue weighted by Crippen LogP contribution is -2.16. The molecule has 19 heavy (non-hydrogen) atoms. The lowest BCUT2D eigenvalue weighted by atomic mass is 10.1. The fourth-order valence-corrected chi connectivity index (χ4v) is 1.98. The number of aliphatic hydroxyl groups excluding tert-OH is 1. The van der Waals surface area contributed by atoms with Crippen LogP contribution >= 0.6 is 0 Å². The first kappa shape index (κ1) is 13.5. The van der Waals surface area contributed by atoms with Crippen molar-refractivity contribution in [1.29, 1.82) is 0 Å². The van der Waals surface area contributed by atoms with Crippen LogP contribution in [-0.4, -0.2) is 21.7 Å². The Morgan fingerprint density at radius 3 is 2.58 bits per heavy atom. The lowest BCUT2D eigenvalue weighted by molar-refractivity contribution is 0.276. The molecular weight excluding hydrogens is 238 g/mol. The molecule has 0 aliphatic rings. The Morgan fingerprint density at radius 1 is 1.21 bits per heavy atom. The van der Waals surface area contributed by atoms with Gasteiger partial charge in [0.1, 0.15) is 11.6 Å². The van der Waals surface area contributed by atoms with Gasteiger partial charge in [0.2, 0.25) is 0 Å². The summed E-state index contributed by atoms with van der Waals surface area (Å²) in [6, 6.07) is 11.6. The van der Waals surface area contributed by atoms with Crippen molar-refractivity contribution in [2.24, 2.45) is 0 Å². The SMILES string of the molecule is CCc1cc(NC(CO)c2ccccc2)nc(C)n1. The minimum absolute atomic E-state index is 0.0223. The molecule has 2 rings (SSSR count). The molecule has 1 unspecified atom stereocenters. The molecule has 0 aliphatic heterocycles. The van der Waals surface area contributed by atoms with Gasteiger partial charge in [0.25, 0.3) is 0 Å². The lowest BCUT2D eigenvalue weighted by Gasteiger charge is -2.18. The highest BCUT2D eigenvalue weighted by molar-refractivity contribution is 5.40. The standard InChI is InChI=1S/C15H19N3O/c1-3-13-9-15(17-11(2)16-13)18-14(10-19)12-7-5-4-6-8-12/h4-9,14,19H,3,10H2,1-2H3,(H,16,17,18). The number of benzene rings is 1. The molecule has 1 aromatic heterocycles. The smallest absolute Gasteiger partial charge is 0.130 e. The van der Waals surface area contributed by atoms with E-state index in [9.17, 15) is 5.11 Å². The van der Waals surface area contributed by atoms with Crippen LogP contribution in [0.25, 0.3) is 0 Å². The van der Waals surface area contributed by atoms with Gasteiger partial charge >= 0.3 is 0 Å². The molecule has 0 spiro atoms. The van der Waals surface area contributed by atoms with Crippen LogP contribution in [0.5, 0.6) is 0 Å². The zero-order valence-electron chi connectivity index (χ0n) is 11.3. The van der Waals surface area contributed by atoms with Crippen molar-refractivity contribution < 1.29 is 5.11 Å². The van der Waals surface area contributed by atoms with E-state index in [0.717, 1.165) is 29.3 Å². The third kappa shape index (κ3) is 3.51. The number of hydrogen-bond acceptors (Lipinski definition) is 4. The van der Waals surface area contributed by atoms with Crippen LogP contribution in [0.4, 0.5) is 5.82 Å². The van der Waals surface area contributed by atoms with Crippen LogP contribution in [-0.2, 0) is 6.42 Å². The molecule has 0 saturated heterocycles. The Morgan fingerprint density at radius 2 is 1.95 bits per heavy atom. The van der Waals surface area contributed by atoms with Crippen LogP contribution in [0.3, 0.4) is 0 Å². The summed E-state index contributed by atoms with van der Waals surface area (Å²) in [5.41, 5.74) is 2.04.